The van der Waals surface area contributed by atoms with Gasteiger partial charge < -0.3 is 5.11 Å². The molecule has 0 fully saturated rings. The molecule has 60 valence electrons. The highest BCUT2D eigenvalue weighted by molar-refractivity contribution is 6.20. The minimum Gasteiger partial charge on any atom is -0.481 e. The van der Waals surface area contributed by atoms with Crippen LogP contribution < -0.4 is 0 Å². The SMILES string of the molecule is CC(Cl)C(C)(C)CC(=O)O. The second kappa shape index (κ2) is 3.24. The number of hydrogen-bond donors (Lipinski definition) is 1. The van der Waals surface area contributed by atoms with E-state index in [0.29, 0.717) is 0 Å². The third-order valence-corrected chi connectivity index (χ3v) is 2.27. The van der Waals surface area contributed by atoms with Crippen LogP contribution in [0.25, 0.3) is 0 Å². The number of carboxylic acids is 1. The maximum atomic E-state index is 10.3. The zero-order valence-electron chi connectivity index (χ0n) is 6.52. The minimum atomic E-state index is -0.794. The first-order chi connectivity index (χ1) is 4.36. The average molecular weight is 165 g/mol. The molecule has 1 unspecified atom stereocenters. The fourth-order valence-electron chi connectivity index (χ4n) is 0.530. The highest BCUT2D eigenvalue weighted by Gasteiger charge is 2.26. The van der Waals surface area contributed by atoms with Crippen LogP contribution in [0, 0.1) is 5.41 Å². The quantitative estimate of drug-likeness (QED) is 0.649. The Morgan fingerprint density at radius 2 is 2.10 bits per heavy atom. The summed E-state index contributed by atoms with van der Waals surface area (Å²) in [6, 6.07) is 0. The van der Waals surface area contributed by atoms with E-state index in [0.717, 1.165) is 0 Å². The molecule has 0 spiro atoms. The van der Waals surface area contributed by atoms with Gasteiger partial charge in [-0.25, -0.2) is 0 Å². The summed E-state index contributed by atoms with van der Waals surface area (Å²) in [5.41, 5.74) is -0.312. The summed E-state index contributed by atoms with van der Waals surface area (Å²) in [6.45, 7) is 5.50. The molecule has 0 radical (unpaired) electrons. The van der Waals surface area contributed by atoms with Crippen LogP contribution in [-0.4, -0.2) is 16.5 Å². The Balaban J connectivity index is 3.99. The summed E-state index contributed by atoms with van der Waals surface area (Å²) in [7, 11) is 0. The third-order valence-electron chi connectivity index (χ3n) is 1.68. The van der Waals surface area contributed by atoms with Crippen molar-refractivity contribution in [2.24, 2.45) is 5.41 Å². The normalized spacial score (nSPS) is 14.8. The number of rotatable bonds is 3. The summed E-state index contributed by atoms with van der Waals surface area (Å²) >= 11 is 5.75. The van der Waals surface area contributed by atoms with Gasteiger partial charge in [-0.1, -0.05) is 13.8 Å². The molecule has 3 heteroatoms. The number of hydrogen-bond acceptors (Lipinski definition) is 1. The van der Waals surface area contributed by atoms with Crippen LogP contribution in [-0.2, 0) is 4.79 Å². The van der Waals surface area contributed by atoms with Gasteiger partial charge in [-0.2, -0.15) is 0 Å². The maximum Gasteiger partial charge on any atom is 0.303 e. The van der Waals surface area contributed by atoms with Crippen molar-refractivity contribution in [3.05, 3.63) is 0 Å². The van der Waals surface area contributed by atoms with Crippen LogP contribution in [0.4, 0.5) is 0 Å². The topological polar surface area (TPSA) is 37.3 Å². The number of halogens is 1. The van der Waals surface area contributed by atoms with Gasteiger partial charge in [0.1, 0.15) is 0 Å². The number of aliphatic carboxylic acids is 1. The fraction of sp³-hybridized carbons (Fsp3) is 0.857. The molecule has 2 nitrogen and oxygen atoms in total. The van der Waals surface area contributed by atoms with Crippen LogP contribution in [0.15, 0.2) is 0 Å². The van der Waals surface area contributed by atoms with Crippen molar-refractivity contribution in [3.8, 4) is 0 Å². The second-order valence-electron chi connectivity index (χ2n) is 3.18. The van der Waals surface area contributed by atoms with E-state index in [1.165, 1.54) is 0 Å². The standard InChI is InChI=1S/C7H13ClO2/c1-5(8)7(2,3)4-6(9)10/h5H,4H2,1-3H3,(H,9,10). The van der Waals surface area contributed by atoms with Gasteiger partial charge >= 0.3 is 5.97 Å². The molecule has 0 aromatic heterocycles. The molecule has 0 aliphatic heterocycles. The summed E-state index contributed by atoms with van der Waals surface area (Å²) < 4.78 is 0. The van der Waals surface area contributed by atoms with Crippen molar-refractivity contribution >= 4 is 17.6 Å². The lowest BCUT2D eigenvalue weighted by Gasteiger charge is -2.24. The van der Waals surface area contributed by atoms with Crippen LogP contribution in [0.2, 0.25) is 0 Å². The Morgan fingerprint density at radius 3 is 2.20 bits per heavy atom. The molecule has 0 bridgehead atoms. The molecule has 0 amide bonds. The molecular weight excluding hydrogens is 152 g/mol. The van der Waals surface area contributed by atoms with Crippen LogP contribution >= 0.6 is 11.6 Å². The predicted molar refractivity (Wildman–Crippen MR) is 41.3 cm³/mol. The van der Waals surface area contributed by atoms with E-state index in [1.54, 1.807) is 0 Å². The lowest BCUT2D eigenvalue weighted by atomic mass is 9.86. The number of alkyl halides is 1. The molecule has 10 heavy (non-hydrogen) atoms. The number of carbonyl (C=O) groups is 1. The molecule has 0 aliphatic carbocycles. The second-order valence-corrected chi connectivity index (χ2v) is 3.83. The summed E-state index contributed by atoms with van der Waals surface area (Å²) in [4.78, 5) is 10.3. The van der Waals surface area contributed by atoms with E-state index in [2.05, 4.69) is 0 Å². The van der Waals surface area contributed by atoms with E-state index < -0.39 is 5.97 Å². The summed E-state index contributed by atoms with van der Waals surface area (Å²) in [5.74, 6) is -0.794. The predicted octanol–water partition coefficient (Wildman–Crippen LogP) is 2.11. The van der Waals surface area contributed by atoms with Gasteiger partial charge in [-0.15, -0.1) is 11.6 Å². The molecule has 0 rings (SSSR count). The average Bonchev–Trinajstić information content (AvgIpc) is 1.60. The molecular formula is C7H13ClO2. The Morgan fingerprint density at radius 1 is 1.70 bits per heavy atom. The largest absolute Gasteiger partial charge is 0.481 e. The van der Waals surface area contributed by atoms with Gasteiger partial charge in [0.2, 0.25) is 0 Å². The first-order valence-corrected chi connectivity index (χ1v) is 3.66. The van der Waals surface area contributed by atoms with E-state index in [-0.39, 0.29) is 17.2 Å². The third kappa shape index (κ3) is 3.06. The summed E-state index contributed by atoms with van der Waals surface area (Å²) in [6.07, 6.45) is 0.123. The van der Waals surface area contributed by atoms with Crippen LogP contribution in [0.5, 0.6) is 0 Å². The molecule has 1 N–H and O–H groups in total. The maximum absolute atomic E-state index is 10.3. The zero-order chi connectivity index (χ0) is 8.36. The molecule has 0 saturated carbocycles. The monoisotopic (exact) mass is 164 g/mol. The summed E-state index contributed by atoms with van der Waals surface area (Å²) in [5, 5.41) is 8.33. The molecule has 0 heterocycles. The molecule has 1 atom stereocenters. The Hall–Kier alpha value is -0.240. The molecule has 0 aromatic carbocycles. The van der Waals surface area contributed by atoms with Crippen molar-refractivity contribution in [2.45, 2.75) is 32.6 Å². The molecule has 0 aliphatic rings. The zero-order valence-corrected chi connectivity index (χ0v) is 7.27. The van der Waals surface area contributed by atoms with Gasteiger partial charge in [0, 0.05) is 5.38 Å². The van der Waals surface area contributed by atoms with Gasteiger partial charge in [-0.3, -0.25) is 4.79 Å². The Kier molecular flexibility index (Phi) is 3.16. The Bertz CT molecular complexity index is 130. The Labute approximate surface area is 66.2 Å². The lowest BCUT2D eigenvalue weighted by molar-refractivity contribution is -0.139. The lowest BCUT2D eigenvalue weighted by Crippen LogP contribution is -2.25. The first kappa shape index (κ1) is 9.76. The molecule has 0 saturated heterocycles. The highest BCUT2D eigenvalue weighted by Crippen LogP contribution is 2.28. The van der Waals surface area contributed by atoms with E-state index >= 15 is 0 Å². The van der Waals surface area contributed by atoms with Gasteiger partial charge in [0.25, 0.3) is 0 Å². The number of carboxylic acid groups (broad SMARTS) is 1. The molecule has 0 aromatic rings. The van der Waals surface area contributed by atoms with Gasteiger partial charge in [0.05, 0.1) is 6.42 Å². The van der Waals surface area contributed by atoms with Gasteiger partial charge in [-0.05, 0) is 12.3 Å². The van der Waals surface area contributed by atoms with Gasteiger partial charge in [0.15, 0.2) is 0 Å². The first-order valence-electron chi connectivity index (χ1n) is 3.22. The van der Waals surface area contributed by atoms with Crippen molar-refractivity contribution < 1.29 is 9.90 Å². The highest BCUT2D eigenvalue weighted by atomic mass is 35.5. The van der Waals surface area contributed by atoms with Crippen molar-refractivity contribution in [3.63, 3.8) is 0 Å². The fourth-order valence-corrected chi connectivity index (χ4v) is 0.608. The van der Waals surface area contributed by atoms with Crippen LogP contribution in [0.1, 0.15) is 27.2 Å². The van der Waals surface area contributed by atoms with E-state index in [1.807, 2.05) is 20.8 Å². The van der Waals surface area contributed by atoms with Crippen molar-refractivity contribution in [1.29, 1.82) is 0 Å². The minimum absolute atomic E-state index is 0.108. The van der Waals surface area contributed by atoms with Crippen LogP contribution in [0.3, 0.4) is 0 Å². The van der Waals surface area contributed by atoms with Crippen molar-refractivity contribution in [2.75, 3.05) is 0 Å². The smallest absolute Gasteiger partial charge is 0.303 e. The van der Waals surface area contributed by atoms with Crippen molar-refractivity contribution in [1.82, 2.24) is 0 Å². The van der Waals surface area contributed by atoms with E-state index in [4.69, 9.17) is 16.7 Å². The van der Waals surface area contributed by atoms with E-state index in [9.17, 15) is 4.79 Å².